The molecule has 2 N–H and O–H groups in total. The highest BCUT2D eigenvalue weighted by Crippen LogP contribution is 2.25. The lowest BCUT2D eigenvalue weighted by Gasteiger charge is -2.14. The van der Waals surface area contributed by atoms with E-state index in [0.29, 0.717) is 16.8 Å². The molecular weight excluding hydrogens is 398 g/mol. The molecule has 0 spiro atoms. The normalized spacial score (nSPS) is 11.7. The van der Waals surface area contributed by atoms with Crippen LogP contribution in [0.5, 0.6) is 0 Å². The molecule has 1 amide bonds. The Hall–Kier alpha value is -2.65. The molecule has 0 aliphatic heterocycles. The molecule has 3 aromatic rings. The van der Waals surface area contributed by atoms with E-state index in [-0.39, 0.29) is 33.0 Å². The first-order chi connectivity index (χ1) is 13.2. The molecule has 0 bridgehead atoms. The maximum atomic E-state index is 12.9. The number of amides is 1. The number of hydrogen-bond acceptors (Lipinski definition) is 5. The van der Waals surface area contributed by atoms with Crippen LogP contribution in [0.15, 0.2) is 52.2 Å². The number of aryl methyl sites for hydroxylation is 1. The third kappa shape index (κ3) is 3.95. The highest BCUT2D eigenvalue weighted by molar-refractivity contribution is 7.92. The highest BCUT2D eigenvalue weighted by Gasteiger charge is 2.20. The quantitative estimate of drug-likeness (QED) is 0.642. The number of nitrogens with one attached hydrogen (secondary N) is 2. The Morgan fingerprint density at radius 2 is 1.89 bits per heavy atom. The van der Waals surface area contributed by atoms with Crippen molar-refractivity contribution < 1.29 is 13.2 Å². The summed E-state index contributed by atoms with van der Waals surface area (Å²) in [7, 11) is -3.93. The Morgan fingerprint density at radius 1 is 1.18 bits per heavy atom. The van der Waals surface area contributed by atoms with Crippen molar-refractivity contribution in [3.8, 4) is 0 Å². The minimum Gasteiger partial charge on any atom is -0.350 e. The van der Waals surface area contributed by atoms with Crippen molar-refractivity contribution in [3.63, 3.8) is 0 Å². The third-order valence-electron chi connectivity index (χ3n) is 4.10. The summed E-state index contributed by atoms with van der Waals surface area (Å²) in [5.74, 6) is -0.359. The molecule has 2 aromatic carbocycles. The van der Waals surface area contributed by atoms with Gasteiger partial charge < -0.3 is 5.32 Å². The first-order valence-corrected chi connectivity index (χ1v) is 11.1. The first kappa shape index (κ1) is 20.1. The van der Waals surface area contributed by atoms with Crippen LogP contribution in [-0.2, 0) is 16.6 Å². The van der Waals surface area contributed by atoms with Crippen molar-refractivity contribution in [2.24, 2.45) is 0 Å². The van der Waals surface area contributed by atoms with E-state index >= 15 is 0 Å². The van der Waals surface area contributed by atoms with Gasteiger partial charge in [-0.2, -0.15) is 0 Å². The molecule has 0 atom stereocenters. The molecule has 7 nitrogen and oxygen atoms in total. The maximum Gasteiger partial charge on any atom is 0.308 e. The number of carbonyl (C=O) groups excluding carboxylic acids is 1. The average Bonchev–Trinajstić information content (AvgIpc) is 2.95. The summed E-state index contributed by atoms with van der Waals surface area (Å²) in [5.41, 5.74) is 1.14. The molecule has 0 aliphatic rings. The Morgan fingerprint density at radius 3 is 2.57 bits per heavy atom. The number of thiazole rings is 1. The van der Waals surface area contributed by atoms with Crippen LogP contribution in [0, 0.1) is 0 Å². The van der Waals surface area contributed by atoms with Crippen LogP contribution in [0.3, 0.4) is 0 Å². The Labute approximate surface area is 167 Å². The van der Waals surface area contributed by atoms with Gasteiger partial charge in [0.2, 0.25) is 0 Å². The van der Waals surface area contributed by atoms with Gasteiger partial charge in [0.15, 0.2) is 0 Å². The Kier molecular flexibility index (Phi) is 5.57. The van der Waals surface area contributed by atoms with Crippen molar-refractivity contribution in [2.75, 3.05) is 4.72 Å². The van der Waals surface area contributed by atoms with Crippen molar-refractivity contribution in [1.82, 2.24) is 9.88 Å². The number of rotatable bonds is 6. The van der Waals surface area contributed by atoms with Crippen molar-refractivity contribution in [1.29, 1.82) is 0 Å². The Balaban J connectivity index is 1.98. The van der Waals surface area contributed by atoms with E-state index in [0.717, 1.165) is 11.3 Å². The topological polar surface area (TPSA) is 97.3 Å². The molecule has 0 saturated heterocycles. The van der Waals surface area contributed by atoms with Crippen molar-refractivity contribution in [3.05, 3.63) is 57.7 Å². The lowest BCUT2D eigenvalue weighted by Crippen LogP contribution is -2.31. The van der Waals surface area contributed by atoms with Gasteiger partial charge in [0, 0.05) is 12.6 Å². The predicted molar refractivity (Wildman–Crippen MR) is 112 cm³/mol. The monoisotopic (exact) mass is 419 g/mol. The number of benzene rings is 2. The van der Waals surface area contributed by atoms with E-state index in [1.807, 2.05) is 20.8 Å². The van der Waals surface area contributed by atoms with Gasteiger partial charge in [-0.1, -0.05) is 23.5 Å². The number of nitrogens with zero attached hydrogens (tertiary/aromatic N) is 1. The van der Waals surface area contributed by atoms with Gasteiger partial charge in [-0.15, -0.1) is 0 Å². The molecule has 1 heterocycles. The van der Waals surface area contributed by atoms with Crippen LogP contribution < -0.4 is 14.9 Å². The summed E-state index contributed by atoms with van der Waals surface area (Å²) in [6.45, 7) is 6.03. The van der Waals surface area contributed by atoms with E-state index < -0.39 is 10.0 Å². The number of aromatic nitrogens is 1. The van der Waals surface area contributed by atoms with Gasteiger partial charge in [-0.25, -0.2) is 8.42 Å². The summed E-state index contributed by atoms with van der Waals surface area (Å²) in [6.07, 6.45) is 0. The van der Waals surface area contributed by atoms with E-state index in [1.54, 1.807) is 28.8 Å². The van der Waals surface area contributed by atoms with Gasteiger partial charge in [0.05, 0.1) is 26.4 Å². The molecule has 148 valence electrons. The smallest absolute Gasteiger partial charge is 0.308 e. The summed E-state index contributed by atoms with van der Waals surface area (Å²) in [4.78, 5) is 24.3. The van der Waals surface area contributed by atoms with Gasteiger partial charge in [0.25, 0.3) is 15.9 Å². The number of fused-ring (bicyclic) bond motifs is 1. The lowest BCUT2D eigenvalue weighted by molar-refractivity contribution is 0.0944. The molecule has 9 heteroatoms. The molecule has 28 heavy (non-hydrogen) atoms. The number of sulfonamides is 1. The SMILES string of the molecule is CCn1c(=O)sc2cc(S(=O)(=O)Nc3ccccc3C(=O)NC(C)C)ccc21. The molecule has 1 aromatic heterocycles. The average molecular weight is 420 g/mol. The number of carbonyl (C=O) groups is 1. The number of hydrogen-bond donors (Lipinski definition) is 2. The highest BCUT2D eigenvalue weighted by atomic mass is 32.2. The van der Waals surface area contributed by atoms with Gasteiger partial charge in [-0.05, 0) is 51.1 Å². The molecule has 0 unspecified atom stereocenters. The molecule has 0 radical (unpaired) electrons. The lowest BCUT2D eigenvalue weighted by atomic mass is 10.1. The zero-order valence-electron chi connectivity index (χ0n) is 15.7. The third-order valence-corrected chi connectivity index (χ3v) is 6.41. The molecular formula is C19H21N3O4S2. The second-order valence-electron chi connectivity index (χ2n) is 6.52. The fourth-order valence-electron chi connectivity index (χ4n) is 2.83. The summed E-state index contributed by atoms with van der Waals surface area (Å²) in [5, 5.41) is 2.75. The van der Waals surface area contributed by atoms with Crippen LogP contribution in [0.1, 0.15) is 31.1 Å². The fraction of sp³-hybridized carbons (Fsp3) is 0.263. The van der Waals surface area contributed by atoms with Crippen LogP contribution >= 0.6 is 11.3 Å². The van der Waals surface area contributed by atoms with Crippen LogP contribution in [0.2, 0.25) is 0 Å². The van der Waals surface area contributed by atoms with Crippen LogP contribution in [0.25, 0.3) is 10.2 Å². The maximum absolute atomic E-state index is 12.9. The summed E-state index contributed by atoms with van der Waals surface area (Å²) in [6, 6.07) is 10.9. The van der Waals surface area contributed by atoms with Crippen molar-refractivity contribution in [2.45, 2.75) is 38.3 Å². The van der Waals surface area contributed by atoms with Crippen molar-refractivity contribution >= 4 is 43.2 Å². The minimum absolute atomic E-state index is 0.0311. The van der Waals surface area contributed by atoms with Gasteiger partial charge in [0.1, 0.15) is 0 Å². The molecule has 0 aliphatic carbocycles. The van der Waals surface area contributed by atoms with E-state index in [9.17, 15) is 18.0 Å². The van der Waals surface area contributed by atoms with Gasteiger partial charge in [-0.3, -0.25) is 18.9 Å². The Bertz CT molecular complexity index is 1190. The summed E-state index contributed by atoms with van der Waals surface area (Å²) < 4.78 is 30.4. The van der Waals surface area contributed by atoms with Crippen LogP contribution in [0.4, 0.5) is 5.69 Å². The predicted octanol–water partition coefficient (Wildman–Crippen LogP) is 3.02. The first-order valence-electron chi connectivity index (χ1n) is 8.79. The molecule has 0 fully saturated rings. The van der Waals surface area contributed by atoms with E-state index in [2.05, 4.69) is 10.0 Å². The standard InChI is InChI=1S/C19H21N3O4S2/c1-4-22-16-10-9-13(11-17(16)27-19(22)24)28(25,26)21-15-8-6-5-7-14(15)18(23)20-12(2)3/h5-12,21H,4H2,1-3H3,(H,20,23). The zero-order chi connectivity index (χ0) is 20.5. The van der Waals surface area contributed by atoms with E-state index in [4.69, 9.17) is 0 Å². The summed E-state index contributed by atoms with van der Waals surface area (Å²) >= 11 is 1.01. The number of para-hydroxylation sites is 1. The number of anilines is 1. The van der Waals surface area contributed by atoms with E-state index in [1.165, 1.54) is 18.2 Å². The zero-order valence-corrected chi connectivity index (χ0v) is 17.4. The van der Waals surface area contributed by atoms with Gasteiger partial charge >= 0.3 is 4.87 Å². The second kappa shape index (κ2) is 7.76. The fourth-order valence-corrected chi connectivity index (χ4v) is 5.00. The molecule has 0 saturated carbocycles. The minimum atomic E-state index is -3.93. The van der Waals surface area contributed by atoms with Crippen LogP contribution in [-0.4, -0.2) is 24.9 Å². The second-order valence-corrected chi connectivity index (χ2v) is 9.20. The largest absolute Gasteiger partial charge is 0.350 e. The molecule has 3 rings (SSSR count).